The van der Waals surface area contributed by atoms with E-state index >= 15 is 0 Å². The minimum absolute atomic E-state index is 0.102. The fourth-order valence-electron chi connectivity index (χ4n) is 0. The molecule has 0 amide bonds. The molecule has 0 aromatic carbocycles. The molecule has 0 aromatic rings. The topological polar surface area (TPSA) is 0 Å². The Morgan fingerprint density at radius 3 is 1.71 bits per heavy atom. The van der Waals surface area contributed by atoms with Gasteiger partial charge in [-0.05, 0) is 13.8 Å². The Hall–Kier alpha value is 0.660. The highest BCUT2D eigenvalue weighted by Crippen LogP contribution is 2.20. The zero-order valence-electron chi connectivity index (χ0n) is 4.83. The average molecular weight is 216 g/mol. The maximum absolute atomic E-state index is 12.5. The molecule has 44 valence electrons. The monoisotopic (exact) mass is 216 g/mol. The maximum Gasteiger partial charge on any atom is 0.116 e. The van der Waals surface area contributed by atoms with Gasteiger partial charge in [0.15, 0.2) is 0 Å². The van der Waals surface area contributed by atoms with E-state index in [0.29, 0.717) is 0 Å². The molecule has 0 saturated carbocycles. The molecule has 7 heavy (non-hydrogen) atoms. The molecule has 1 atom stereocenters. The lowest BCUT2D eigenvalue weighted by Crippen LogP contribution is -2.22. The van der Waals surface area contributed by atoms with Gasteiger partial charge in [-0.15, -0.1) is 0 Å². The van der Waals surface area contributed by atoms with Crippen molar-refractivity contribution in [2.45, 2.75) is 30.4 Å². The predicted octanol–water partition coefficient (Wildman–Crippen LogP) is 2.56. The summed E-state index contributed by atoms with van der Waals surface area (Å²) < 4.78 is 12.6. The second-order valence-electron chi connectivity index (χ2n) is 2.18. The van der Waals surface area contributed by atoms with Gasteiger partial charge in [-0.2, -0.15) is 0 Å². The third-order valence-electron chi connectivity index (χ3n) is 0.946. The van der Waals surface area contributed by atoms with Crippen molar-refractivity contribution in [1.29, 1.82) is 0 Å². The molecule has 0 N–H and O–H groups in total. The van der Waals surface area contributed by atoms with E-state index in [-0.39, 0.29) is 3.92 Å². The Balaban J connectivity index is 3.54. The van der Waals surface area contributed by atoms with Crippen molar-refractivity contribution in [3.63, 3.8) is 0 Å². The summed E-state index contributed by atoms with van der Waals surface area (Å²) in [5, 5.41) is 0. The molecule has 0 spiro atoms. The van der Waals surface area contributed by atoms with Crippen LogP contribution in [0.25, 0.3) is 0 Å². The minimum atomic E-state index is -1.01. The van der Waals surface area contributed by atoms with Gasteiger partial charge >= 0.3 is 0 Å². The first-order valence-corrected chi connectivity index (χ1v) is 3.52. The van der Waals surface area contributed by atoms with Crippen LogP contribution in [0.3, 0.4) is 0 Å². The van der Waals surface area contributed by atoms with E-state index < -0.39 is 5.67 Å². The molecular formula is C5H10FI. The molecule has 0 fully saturated rings. The van der Waals surface area contributed by atoms with Crippen molar-refractivity contribution >= 4 is 22.6 Å². The zero-order chi connectivity index (χ0) is 6.08. The van der Waals surface area contributed by atoms with Crippen molar-refractivity contribution in [3.05, 3.63) is 0 Å². The molecule has 0 aliphatic rings. The van der Waals surface area contributed by atoms with E-state index in [4.69, 9.17) is 0 Å². The lowest BCUT2D eigenvalue weighted by Gasteiger charge is -2.15. The summed E-state index contributed by atoms with van der Waals surface area (Å²) in [5.41, 5.74) is -1.01. The zero-order valence-corrected chi connectivity index (χ0v) is 6.99. The van der Waals surface area contributed by atoms with Gasteiger partial charge in [-0.1, -0.05) is 29.5 Å². The van der Waals surface area contributed by atoms with Crippen LogP contribution < -0.4 is 0 Å². The summed E-state index contributed by atoms with van der Waals surface area (Å²) in [6.07, 6.45) is 0. The van der Waals surface area contributed by atoms with Crippen LogP contribution in [0.4, 0.5) is 4.39 Å². The first-order valence-electron chi connectivity index (χ1n) is 2.27. The quantitative estimate of drug-likeness (QED) is 0.466. The molecule has 0 aliphatic carbocycles. The number of alkyl halides is 2. The Bertz CT molecular complexity index is 53.6. The van der Waals surface area contributed by atoms with Gasteiger partial charge in [0.2, 0.25) is 0 Å². The van der Waals surface area contributed by atoms with Gasteiger partial charge in [-0.3, -0.25) is 0 Å². The molecule has 0 bridgehead atoms. The highest BCUT2D eigenvalue weighted by Gasteiger charge is 2.21. The average Bonchev–Trinajstić information content (AvgIpc) is 1.31. The molecule has 2 heteroatoms. The Morgan fingerprint density at radius 1 is 1.57 bits per heavy atom. The largest absolute Gasteiger partial charge is 0.243 e. The summed E-state index contributed by atoms with van der Waals surface area (Å²) in [6.45, 7) is 5.04. The van der Waals surface area contributed by atoms with E-state index in [9.17, 15) is 4.39 Å². The van der Waals surface area contributed by atoms with E-state index in [1.54, 1.807) is 13.8 Å². The third kappa shape index (κ3) is 3.26. The minimum Gasteiger partial charge on any atom is -0.243 e. The number of hydrogen-bond donors (Lipinski definition) is 0. The molecule has 0 nitrogen and oxygen atoms in total. The van der Waals surface area contributed by atoms with Crippen molar-refractivity contribution in [1.82, 2.24) is 0 Å². The van der Waals surface area contributed by atoms with Crippen molar-refractivity contribution in [2.75, 3.05) is 0 Å². The van der Waals surface area contributed by atoms with E-state index in [1.807, 2.05) is 6.92 Å². The second kappa shape index (κ2) is 2.29. The van der Waals surface area contributed by atoms with Gasteiger partial charge in [0.25, 0.3) is 0 Å². The normalized spacial score (nSPS) is 16.7. The van der Waals surface area contributed by atoms with Crippen LogP contribution in [0.1, 0.15) is 20.8 Å². The number of rotatable bonds is 1. The molecule has 1 unspecified atom stereocenters. The van der Waals surface area contributed by atoms with E-state index in [2.05, 4.69) is 22.6 Å². The lowest BCUT2D eigenvalue weighted by molar-refractivity contribution is 0.224. The Kier molecular flexibility index (Phi) is 2.50. The lowest BCUT2D eigenvalue weighted by atomic mass is 10.1. The van der Waals surface area contributed by atoms with Crippen LogP contribution in [0.5, 0.6) is 0 Å². The molecule has 0 aromatic heterocycles. The summed E-state index contributed by atoms with van der Waals surface area (Å²) in [7, 11) is 0. The van der Waals surface area contributed by atoms with Gasteiger partial charge < -0.3 is 0 Å². The first kappa shape index (κ1) is 7.66. The Morgan fingerprint density at radius 2 is 1.71 bits per heavy atom. The standard InChI is InChI=1S/C5H10FI/c1-4(7)5(2,3)6/h4H,1-3H3. The van der Waals surface area contributed by atoms with Crippen LogP contribution in [-0.4, -0.2) is 9.59 Å². The number of halogens is 2. The number of hydrogen-bond acceptors (Lipinski definition) is 0. The van der Waals surface area contributed by atoms with Crippen LogP contribution in [0.15, 0.2) is 0 Å². The molecule has 0 rings (SSSR count). The van der Waals surface area contributed by atoms with Crippen LogP contribution in [-0.2, 0) is 0 Å². The van der Waals surface area contributed by atoms with E-state index in [0.717, 1.165) is 0 Å². The van der Waals surface area contributed by atoms with Crippen LogP contribution in [0.2, 0.25) is 0 Å². The maximum atomic E-state index is 12.5. The van der Waals surface area contributed by atoms with Crippen molar-refractivity contribution in [2.24, 2.45) is 0 Å². The summed E-state index contributed by atoms with van der Waals surface area (Å²) >= 11 is 2.07. The van der Waals surface area contributed by atoms with Gasteiger partial charge in [0, 0.05) is 3.92 Å². The van der Waals surface area contributed by atoms with Gasteiger partial charge in [0.1, 0.15) is 5.67 Å². The molecule has 0 saturated heterocycles. The summed E-state index contributed by atoms with van der Waals surface area (Å²) in [6, 6.07) is 0. The fourth-order valence-corrected chi connectivity index (χ4v) is 0. The predicted molar refractivity (Wildman–Crippen MR) is 38.7 cm³/mol. The van der Waals surface area contributed by atoms with Crippen LogP contribution >= 0.6 is 22.6 Å². The van der Waals surface area contributed by atoms with E-state index in [1.165, 1.54) is 0 Å². The van der Waals surface area contributed by atoms with Gasteiger partial charge in [0.05, 0.1) is 0 Å². The fraction of sp³-hybridized carbons (Fsp3) is 1.00. The SMILES string of the molecule is CC(I)C(C)(C)F. The van der Waals surface area contributed by atoms with Gasteiger partial charge in [-0.25, -0.2) is 4.39 Å². The van der Waals surface area contributed by atoms with Crippen molar-refractivity contribution < 1.29 is 4.39 Å². The molecule has 0 heterocycles. The highest BCUT2D eigenvalue weighted by atomic mass is 127. The van der Waals surface area contributed by atoms with Crippen molar-refractivity contribution in [3.8, 4) is 0 Å². The molecule has 0 radical (unpaired) electrons. The smallest absolute Gasteiger partial charge is 0.116 e. The molecule has 0 aliphatic heterocycles. The first-order chi connectivity index (χ1) is 2.94. The highest BCUT2D eigenvalue weighted by molar-refractivity contribution is 14.1. The second-order valence-corrected chi connectivity index (χ2v) is 4.05. The summed E-state index contributed by atoms with van der Waals surface area (Å²) in [5.74, 6) is 0. The van der Waals surface area contributed by atoms with Crippen LogP contribution in [0, 0.1) is 0 Å². The third-order valence-corrected chi connectivity index (χ3v) is 2.43. The summed E-state index contributed by atoms with van der Waals surface area (Å²) in [4.78, 5) is 0. The Labute approximate surface area is 57.6 Å². The molecular weight excluding hydrogens is 206 g/mol.